The SMILES string of the molecule is C=CC(=O)OC(C)C(CC)C(C)CCC. The molecular formula is C13H24O2. The van der Waals surface area contributed by atoms with Crippen LogP contribution in [0.3, 0.4) is 0 Å². The van der Waals surface area contributed by atoms with Crippen molar-refractivity contribution in [1.29, 1.82) is 0 Å². The van der Waals surface area contributed by atoms with Gasteiger partial charge in [-0.3, -0.25) is 0 Å². The Balaban J connectivity index is 4.25. The molecule has 3 unspecified atom stereocenters. The van der Waals surface area contributed by atoms with Crippen molar-refractivity contribution in [1.82, 2.24) is 0 Å². The van der Waals surface area contributed by atoms with Gasteiger partial charge in [-0.05, 0) is 25.2 Å². The van der Waals surface area contributed by atoms with Crippen molar-refractivity contribution < 1.29 is 9.53 Å². The van der Waals surface area contributed by atoms with Crippen LogP contribution in [0.4, 0.5) is 0 Å². The molecule has 0 radical (unpaired) electrons. The molecule has 0 aliphatic heterocycles. The molecule has 0 aliphatic carbocycles. The van der Waals surface area contributed by atoms with Gasteiger partial charge in [0.25, 0.3) is 0 Å². The zero-order chi connectivity index (χ0) is 11.8. The van der Waals surface area contributed by atoms with Gasteiger partial charge in [-0.2, -0.15) is 0 Å². The summed E-state index contributed by atoms with van der Waals surface area (Å²) >= 11 is 0. The lowest BCUT2D eigenvalue weighted by Crippen LogP contribution is -2.28. The Hall–Kier alpha value is -0.790. The molecule has 0 heterocycles. The number of hydrogen-bond acceptors (Lipinski definition) is 2. The Bertz CT molecular complexity index is 199. The number of carbonyl (C=O) groups is 1. The summed E-state index contributed by atoms with van der Waals surface area (Å²) in [6.45, 7) is 11.9. The summed E-state index contributed by atoms with van der Waals surface area (Å²) < 4.78 is 5.26. The van der Waals surface area contributed by atoms with E-state index in [9.17, 15) is 4.79 Å². The van der Waals surface area contributed by atoms with Crippen LogP contribution in [-0.2, 0) is 9.53 Å². The third-order valence-electron chi connectivity index (χ3n) is 3.02. The largest absolute Gasteiger partial charge is 0.459 e. The lowest BCUT2D eigenvalue weighted by atomic mass is 9.84. The van der Waals surface area contributed by atoms with Gasteiger partial charge in [-0.15, -0.1) is 0 Å². The first-order valence-electron chi connectivity index (χ1n) is 5.89. The quantitative estimate of drug-likeness (QED) is 0.476. The highest BCUT2D eigenvalue weighted by Crippen LogP contribution is 2.25. The van der Waals surface area contributed by atoms with Crippen LogP contribution >= 0.6 is 0 Å². The standard InChI is InChI=1S/C13H24O2/c1-6-9-10(4)12(7-2)11(5)15-13(14)8-3/h8,10-12H,3,6-7,9H2,1-2,4-5H3. The summed E-state index contributed by atoms with van der Waals surface area (Å²) in [5.74, 6) is 0.742. The average molecular weight is 212 g/mol. The van der Waals surface area contributed by atoms with E-state index in [1.54, 1.807) is 0 Å². The third kappa shape index (κ3) is 5.01. The van der Waals surface area contributed by atoms with Crippen molar-refractivity contribution in [3.8, 4) is 0 Å². The average Bonchev–Trinajstić information content (AvgIpc) is 2.19. The molecule has 0 aromatic heterocycles. The van der Waals surface area contributed by atoms with Gasteiger partial charge in [-0.25, -0.2) is 4.79 Å². The maximum Gasteiger partial charge on any atom is 0.330 e. The van der Waals surface area contributed by atoms with Gasteiger partial charge in [0.1, 0.15) is 6.10 Å². The Labute approximate surface area is 93.7 Å². The second-order valence-corrected chi connectivity index (χ2v) is 4.18. The highest BCUT2D eigenvalue weighted by atomic mass is 16.5. The van der Waals surface area contributed by atoms with Crippen LogP contribution in [0.2, 0.25) is 0 Å². The van der Waals surface area contributed by atoms with Crippen LogP contribution in [0.5, 0.6) is 0 Å². The molecule has 0 aromatic carbocycles. The molecule has 2 nitrogen and oxygen atoms in total. The van der Waals surface area contributed by atoms with Gasteiger partial charge in [-0.1, -0.05) is 40.2 Å². The van der Waals surface area contributed by atoms with Crippen molar-refractivity contribution in [3.63, 3.8) is 0 Å². The molecule has 0 amide bonds. The summed E-state index contributed by atoms with van der Waals surface area (Å²) in [5.41, 5.74) is 0. The van der Waals surface area contributed by atoms with Crippen molar-refractivity contribution in [2.75, 3.05) is 0 Å². The second kappa shape index (κ2) is 7.49. The van der Waals surface area contributed by atoms with Crippen LogP contribution < -0.4 is 0 Å². The molecule has 0 rings (SSSR count). The van der Waals surface area contributed by atoms with E-state index in [0.29, 0.717) is 11.8 Å². The Kier molecular flexibility index (Phi) is 7.10. The first kappa shape index (κ1) is 14.2. The van der Waals surface area contributed by atoms with Gasteiger partial charge in [0, 0.05) is 6.08 Å². The van der Waals surface area contributed by atoms with Gasteiger partial charge < -0.3 is 4.74 Å². The molecule has 0 N–H and O–H groups in total. The second-order valence-electron chi connectivity index (χ2n) is 4.18. The first-order chi connectivity index (χ1) is 7.06. The van der Waals surface area contributed by atoms with E-state index in [1.807, 2.05) is 6.92 Å². The predicted molar refractivity (Wildman–Crippen MR) is 63.6 cm³/mol. The lowest BCUT2D eigenvalue weighted by Gasteiger charge is -2.27. The fraction of sp³-hybridized carbons (Fsp3) is 0.769. The first-order valence-corrected chi connectivity index (χ1v) is 5.89. The van der Waals surface area contributed by atoms with E-state index >= 15 is 0 Å². The summed E-state index contributed by atoms with van der Waals surface area (Å²) in [6, 6.07) is 0. The number of hydrogen-bond donors (Lipinski definition) is 0. The molecule has 0 bridgehead atoms. The summed E-state index contributed by atoms with van der Waals surface area (Å²) in [6.07, 6.45) is 4.64. The topological polar surface area (TPSA) is 26.3 Å². The van der Waals surface area contributed by atoms with Gasteiger partial charge in [0.2, 0.25) is 0 Å². The molecule has 0 aliphatic rings. The van der Waals surface area contributed by atoms with E-state index in [-0.39, 0.29) is 12.1 Å². The molecule has 15 heavy (non-hydrogen) atoms. The fourth-order valence-electron chi connectivity index (χ4n) is 2.19. The highest BCUT2D eigenvalue weighted by molar-refractivity contribution is 5.81. The summed E-state index contributed by atoms with van der Waals surface area (Å²) in [5, 5.41) is 0. The van der Waals surface area contributed by atoms with E-state index in [1.165, 1.54) is 18.9 Å². The summed E-state index contributed by atoms with van der Waals surface area (Å²) in [7, 11) is 0. The van der Waals surface area contributed by atoms with E-state index < -0.39 is 0 Å². The fourth-order valence-corrected chi connectivity index (χ4v) is 2.19. The zero-order valence-corrected chi connectivity index (χ0v) is 10.5. The predicted octanol–water partition coefficient (Wildman–Crippen LogP) is 3.57. The molecule has 3 atom stereocenters. The van der Waals surface area contributed by atoms with Crippen LogP contribution in [-0.4, -0.2) is 12.1 Å². The lowest BCUT2D eigenvalue weighted by molar-refractivity contribution is -0.145. The van der Waals surface area contributed by atoms with Crippen molar-refractivity contribution in [3.05, 3.63) is 12.7 Å². The van der Waals surface area contributed by atoms with Gasteiger partial charge in [0.05, 0.1) is 0 Å². The minimum Gasteiger partial charge on any atom is -0.459 e. The Morgan fingerprint density at radius 3 is 2.40 bits per heavy atom. The minimum absolute atomic E-state index is 0.0120. The number of esters is 1. The maximum absolute atomic E-state index is 11.1. The Morgan fingerprint density at radius 2 is 2.00 bits per heavy atom. The molecule has 88 valence electrons. The molecule has 0 saturated carbocycles. The minimum atomic E-state index is -0.315. The number of carbonyl (C=O) groups excluding carboxylic acids is 1. The van der Waals surface area contributed by atoms with E-state index in [2.05, 4.69) is 27.4 Å². The Morgan fingerprint density at radius 1 is 1.40 bits per heavy atom. The number of rotatable bonds is 7. The molecule has 0 aromatic rings. The normalized spacial score (nSPS) is 16.5. The maximum atomic E-state index is 11.1. The van der Waals surface area contributed by atoms with Crippen molar-refractivity contribution in [2.45, 2.75) is 53.1 Å². The van der Waals surface area contributed by atoms with Crippen molar-refractivity contribution in [2.24, 2.45) is 11.8 Å². The smallest absolute Gasteiger partial charge is 0.330 e. The molecule has 2 heteroatoms. The van der Waals surface area contributed by atoms with Crippen molar-refractivity contribution >= 4 is 5.97 Å². The molecule has 0 fully saturated rings. The molecule has 0 spiro atoms. The van der Waals surface area contributed by atoms with E-state index in [0.717, 1.165) is 6.42 Å². The number of ether oxygens (including phenoxy) is 1. The van der Waals surface area contributed by atoms with Crippen LogP contribution in [0.1, 0.15) is 47.0 Å². The third-order valence-corrected chi connectivity index (χ3v) is 3.02. The zero-order valence-electron chi connectivity index (χ0n) is 10.5. The monoisotopic (exact) mass is 212 g/mol. The van der Waals surface area contributed by atoms with Crippen LogP contribution in [0.25, 0.3) is 0 Å². The van der Waals surface area contributed by atoms with Crippen LogP contribution in [0.15, 0.2) is 12.7 Å². The van der Waals surface area contributed by atoms with Crippen LogP contribution in [0, 0.1) is 11.8 Å². The van der Waals surface area contributed by atoms with Gasteiger partial charge >= 0.3 is 5.97 Å². The van der Waals surface area contributed by atoms with E-state index in [4.69, 9.17) is 4.74 Å². The summed E-state index contributed by atoms with van der Waals surface area (Å²) in [4.78, 5) is 11.1. The highest BCUT2D eigenvalue weighted by Gasteiger charge is 2.23. The molecular weight excluding hydrogens is 188 g/mol. The molecule has 0 saturated heterocycles. The van der Waals surface area contributed by atoms with Gasteiger partial charge in [0.15, 0.2) is 0 Å².